The fraction of sp³-hybridized carbons (Fsp3) is 0.294. The van der Waals surface area contributed by atoms with Crippen LogP contribution in [0.15, 0.2) is 23.6 Å². The van der Waals surface area contributed by atoms with Crippen molar-refractivity contribution in [1.82, 2.24) is 25.3 Å². The standard InChI is InChI=1S/C17H18FN5OS/c1-4-15-20-12(9-25-15)8-19-17(24)16-11(3)23(22-21-16)14-6-5-10(2)7-13(14)18/h5-7,9H,4,8H2,1-3H3,(H,19,24). The molecule has 0 atom stereocenters. The summed E-state index contributed by atoms with van der Waals surface area (Å²) in [5, 5.41) is 13.6. The van der Waals surface area contributed by atoms with Gasteiger partial charge in [0, 0.05) is 5.38 Å². The summed E-state index contributed by atoms with van der Waals surface area (Å²) in [5.74, 6) is -0.767. The second kappa shape index (κ2) is 7.10. The van der Waals surface area contributed by atoms with Gasteiger partial charge in [0.1, 0.15) is 11.5 Å². The molecule has 2 heterocycles. The van der Waals surface area contributed by atoms with Crippen LogP contribution in [-0.2, 0) is 13.0 Å². The molecule has 8 heteroatoms. The Labute approximate surface area is 148 Å². The maximum absolute atomic E-state index is 14.1. The summed E-state index contributed by atoms with van der Waals surface area (Å²) in [4.78, 5) is 16.8. The third-order valence-electron chi connectivity index (χ3n) is 3.77. The molecule has 0 aliphatic rings. The molecule has 3 aromatic rings. The number of thiazole rings is 1. The molecule has 2 aromatic heterocycles. The van der Waals surface area contributed by atoms with Crippen LogP contribution in [-0.4, -0.2) is 25.9 Å². The van der Waals surface area contributed by atoms with E-state index in [9.17, 15) is 9.18 Å². The summed E-state index contributed by atoms with van der Waals surface area (Å²) in [6, 6.07) is 4.83. The van der Waals surface area contributed by atoms with Gasteiger partial charge < -0.3 is 5.32 Å². The van der Waals surface area contributed by atoms with Crippen molar-refractivity contribution in [3.8, 4) is 5.69 Å². The first kappa shape index (κ1) is 17.2. The molecule has 0 saturated carbocycles. The van der Waals surface area contributed by atoms with Crippen LogP contribution >= 0.6 is 11.3 Å². The van der Waals surface area contributed by atoms with E-state index in [2.05, 4.69) is 20.6 Å². The average Bonchev–Trinajstić information content (AvgIpc) is 3.19. The summed E-state index contributed by atoms with van der Waals surface area (Å²) in [6.45, 7) is 5.85. The highest BCUT2D eigenvalue weighted by atomic mass is 32.1. The number of nitrogens with one attached hydrogen (secondary N) is 1. The molecule has 0 bridgehead atoms. The van der Waals surface area contributed by atoms with Gasteiger partial charge in [0.05, 0.1) is 22.9 Å². The first-order valence-electron chi connectivity index (χ1n) is 7.90. The predicted octanol–water partition coefficient (Wildman–Crippen LogP) is 2.97. The van der Waals surface area contributed by atoms with E-state index in [1.807, 2.05) is 19.2 Å². The number of hydrogen-bond donors (Lipinski definition) is 1. The quantitative estimate of drug-likeness (QED) is 0.760. The third kappa shape index (κ3) is 3.58. The number of aryl methyl sites for hydroxylation is 2. The smallest absolute Gasteiger partial charge is 0.274 e. The Morgan fingerprint density at radius 3 is 2.84 bits per heavy atom. The normalized spacial score (nSPS) is 10.9. The predicted molar refractivity (Wildman–Crippen MR) is 93.5 cm³/mol. The number of benzene rings is 1. The number of aromatic nitrogens is 4. The van der Waals surface area contributed by atoms with Crippen LogP contribution in [0, 0.1) is 19.7 Å². The van der Waals surface area contributed by atoms with Crippen LogP contribution in [0.2, 0.25) is 0 Å². The summed E-state index contributed by atoms with van der Waals surface area (Å²) in [7, 11) is 0. The molecule has 1 aromatic carbocycles. The first-order chi connectivity index (χ1) is 12.0. The lowest BCUT2D eigenvalue weighted by Gasteiger charge is -2.06. The van der Waals surface area contributed by atoms with Crippen molar-refractivity contribution in [2.24, 2.45) is 0 Å². The fourth-order valence-electron chi connectivity index (χ4n) is 2.40. The lowest BCUT2D eigenvalue weighted by atomic mass is 10.2. The number of hydrogen-bond acceptors (Lipinski definition) is 5. The van der Waals surface area contributed by atoms with Gasteiger partial charge in [-0.3, -0.25) is 4.79 Å². The fourth-order valence-corrected chi connectivity index (χ4v) is 3.14. The van der Waals surface area contributed by atoms with Crippen LogP contribution in [0.1, 0.15) is 39.4 Å². The lowest BCUT2D eigenvalue weighted by Crippen LogP contribution is -2.24. The van der Waals surface area contributed by atoms with E-state index in [0.717, 1.165) is 22.7 Å². The van der Waals surface area contributed by atoms with Gasteiger partial charge >= 0.3 is 0 Å². The Morgan fingerprint density at radius 2 is 2.16 bits per heavy atom. The Kier molecular flexibility index (Phi) is 4.89. The monoisotopic (exact) mass is 359 g/mol. The molecule has 0 saturated heterocycles. The van der Waals surface area contributed by atoms with E-state index in [0.29, 0.717) is 12.2 Å². The van der Waals surface area contributed by atoms with Crippen molar-refractivity contribution < 1.29 is 9.18 Å². The Bertz CT molecular complexity index is 918. The maximum atomic E-state index is 14.1. The third-order valence-corrected chi connectivity index (χ3v) is 4.81. The van der Waals surface area contributed by atoms with E-state index in [4.69, 9.17) is 0 Å². The number of amides is 1. The van der Waals surface area contributed by atoms with Crippen LogP contribution in [0.3, 0.4) is 0 Å². The minimum Gasteiger partial charge on any atom is -0.345 e. The van der Waals surface area contributed by atoms with Crippen LogP contribution in [0.5, 0.6) is 0 Å². The molecule has 0 aliphatic carbocycles. The average molecular weight is 359 g/mol. The molecule has 0 spiro atoms. The van der Waals surface area contributed by atoms with Gasteiger partial charge in [0.15, 0.2) is 5.69 Å². The SMILES string of the molecule is CCc1nc(CNC(=O)c2nnn(-c3ccc(C)cc3F)c2C)cs1. The molecule has 0 aliphatic heterocycles. The van der Waals surface area contributed by atoms with E-state index < -0.39 is 5.82 Å². The number of halogens is 1. The molecule has 25 heavy (non-hydrogen) atoms. The van der Waals surface area contributed by atoms with Gasteiger partial charge in [0.2, 0.25) is 0 Å². The Hall–Kier alpha value is -2.61. The van der Waals surface area contributed by atoms with Gasteiger partial charge in [-0.2, -0.15) is 0 Å². The second-order valence-corrected chi connectivity index (χ2v) is 6.60. The van der Waals surface area contributed by atoms with E-state index in [-0.39, 0.29) is 17.3 Å². The minimum absolute atomic E-state index is 0.172. The van der Waals surface area contributed by atoms with Crippen molar-refractivity contribution in [3.63, 3.8) is 0 Å². The van der Waals surface area contributed by atoms with Gasteiger partial charge in [-0.05, 0) is 38.0 Å². The van der Waals surface area contributed by atoms with Crippen LogP contribution in [0.25, 0.3) is 5.69 Å². The minimum atomic E-state index is -0.408. The van der Waals surface area contributed by atoms with Crippen LogP contribution in [0.4, 0.5) is 4.39 Å². The molecular formula is C17H18FN5OS. The number of nitrogens with zero attached hydrogens (tertiary/aromatic N) is 4. The van der Waals surface area contributed by atoms with Crippen LogP contribution < -0.4 is 5.32 Å². The van der Waals surface area contributed by atoms with E-state index in [1.165, 1.54) is 10.7 Å². The summed E-state index contributed by atoms with van der Waals surface area (Å²) < 4.78 is 15.5. The summed E-state index contributed by atoms with van der Waals surface area (Å²) >= 11 is 1.57. The molecule has 1 amide bonds. The highest BCUT2D eigenvalue weighted by Crippen LogP contribution is 2.17. The molecular weight excluding hydrogens is 341 g/mol. The number of rotatable bonds is 5. The van der Waals surface area contributed by atoms with Gasteiger partial charge in [-0.25, -0.2) is 14.1 Å². The highest BCUT2D eigenvalue weighted by Gasteiger charge is 2.19. The van der Waals surface area contributed by atoms with Gasteiger partial charge in [0.25, 0.3) is 5.91 Å². The Balaban J connectivity index is 1.77. The van der Waals surface area contributed by atoms with Crippen molar-refractivity contribution in [2.45, 2.75) is 33.7 Å². The largest absolute Gasteiger partial charge is 0.345 e. The topological polar surface area (TPSA) is 72.7 Å². The molecule has 0 radical (unpaired) electrons. The number of carbonyl (C=O) groups excluding carboxylic acids is 1. The molecule has 6 nitrogen and oxygen atoms in total. The van der Waals surface area contributed by atoms with E-state index >= 15 is 0 Å². The molecule has 0 fully saturated rings. The Morgan fingerprint density at radius 1 is 1.36 bits per heavy atom. The zero-order valence-corrected chi connectivity index (χ0v) is 15.0. The first-order valence-corrected chi connectivity index (χ1v) is 8.78. The van der Waals surface area contributed by atoms with Crippen molar-refractivity contribution in [1.29, 1.82) is 0 Å². The van der Waals surface area contributed by atoms with Gasteiger partial charge in [-0.1, -0.05) is 18.2 Å². The maximum Gasteiger partial charge on any atom is 0.274 e. The van der Waals surface area contributed by atoms with E-state index in [1.54, 1.807) is 30.4 Å². The molecule has 130 valence electrons. The van der Waals surface area contributed by atoms with Gasteiger partial charge in [-0.15, -0.1) is 16.4 Å². The number of carbonyl (C=O) groups is 1. The molecule has 3 rings (SSSR count). The van der Waals surface area contributed by atoms with Crippen molar-refractivity contribution in [2.75, 3.05) is 0 Å². The van der Waals surface area contributed by atoms with Crippen molar-refractivity contribution in [3.05, 3.63) is 57.0 Å². The van der Waals surface area contributed by atoms with Crippen molar-refractivity contribution >= 4 is 17.2 Å². The zero-order valence-electron chi connectivity index (χ0n) is 14.2. The molecule has 0 unspecified atom stereocenters. The highest BCUT2D eigenvalue weighted by molar-refractivity contribution is 7.09. The lowest BCUT2D eigenvalue weighted by molar-refractivity contribution is 0.0944. The zero-order chi connectivity index (χ0) is 18.0. The molecule has 1 N–H and O–H groups in total. The summed E-state index contributed by atoms with van der Waals surface area (Å²) in [6.07, 6.45) is 0.869. The second-order valence-electron chi connectivity index (χ2n) is 5.66. The summed E-state index contributed by atoms with van der Waals surface area (Å²) in [5.41, 5.74) is 2.54.